The van der Waals surface area contributed by atoms with E-state index in [2.05, 4.69) is 16.3 Å². The number of nitrogens with zero attached hydrogens (tertiary/aromatic N) is 1. The van der Waals surface area contributed by atoms with Crippen molar-refractivity contribution in [3.8, 4) is 0 Å². The van der Waals surface area contributed by atoms with Crippen molar-refractivity contribution in [3.63, 3.8) is 0 Å². The molecule has 1 aromatic carbocycles. The lowest BCUT2D eigenvalue weighted by Crippen LogP contribution is -2.35. The number of fused-ring (bicyclic) bond motifs is 1. The molecule has 1 atom stereocenters. The van der Waals surface area contributed by atoms with E-state index in [1.54, 1.807) is 0 Å². The number of hydrogen-bond acceptors (Lipinski definition) is 4. The molecule has 0 fully saturated rings. The van der Waals surface area contributed by atoms with Crippen LogP contribution in [0.4, 0.5) is 5.69 Å². The number of nitrogens with one attached hydrogen (secondary N) is 1. The molecule has 0 spiro atoms. The number of benzene rings is 1. The SMILES string of the molecule is CN(CCc1ccc2c(c1)CC(=O)N2)CC(O)CN. The van der Waals surface area contributed by atoms with E-state index in [-0.39, 0.29) is 12.5 Å². The summed E-state index contributed by atoms with van der Waals surface area (Å²) in [5, 5.41) is 12.3. The van der Waals surface area contributed by atoms with E-state index in [1.165, 1.54) is 5.56 Å². The molecule has 2 rings (SSSR count). The number of rotatable bonds is 6. The van der Waals surface area contributed by atoms with Crippen LogP contribution in [-0.4, -0.2) is 48.7 Å². The number of aliphatic hydroxyl groups excluding tert-OH is 1. The predicted molar refractivity (Wildman–Crippen MR) is 75.0 cm³/mol. The molecule has 4 N–H and O–H groups in total. The van der Waals surface area contributed by atoms with E-state index in [4.69, 9.17) is 5.73 Å². The molecule has 0 saturated heterocycles. The van der Waals surface area contributed by atoms with Crippen LogP contribution >= 0.6 is 0 Å². The first-order chi connectivity index (χ1) is 9.08. The number of carbonyl (C=O) groups excluding carboxylic acids is 1. The van der Waals surface area contributed by atoms with E-state index >= 15 is 0 Å². The molecule has 1 aliphatic heterocycles. The molecule has 19 heavy (non-hydrogen) atoms. The van der Waals surface area contributed by atoms with Gasteiger partial charge in [0.05, 0.1) is 12.5 Å². The highest BCUT2D eigenvalue weighted by molar-refractivity contribution is 5.99. The van der Waals surface area contributed by atoms with Gasteiger partial charge in [-0.2, -0.15) is 0 Å². The summed E-state index contributed by atoms with van der Waals surface area (Å²) in [6.07, 6.45) is 0.909. The topological polar surface area (TPSA) is 78.6 Å². The maximum atomic E-state index is 11.3. The average molecular weight is 263 g/mol. The van der Waals surface area contributed by atoms with Crippen LogP contribution in [0, 0.1) is 0 Å². The lowest BCUT2D eigenvalue weighted by Gasteiger charge is -2.19. The molecule has 1 aliphatic rings. The third kappa shape index (κ3) is 3.76. The maximum absolute atomic E-state index is 11.3. The normalized spacial score (nSPS) is 15.5. The number of amides is 1. The first-order valence-electron chi connectivity index (χ1n) is 6.57. The summed E-state index contributed by atoms with van der Waals surface area (Å²) in [5.41, 5.74) is 8.61. The third-order valence-corrected chi connectivity index (χ3v) is 3.37. The van der Waals surface area contributed by atoms with Crippen molar-refractivity contribution in [1.29, 1.82) is 0 Å². The van der Waals surface area contributed by atoms with Crippen LogP contribution in [0.3, 0.4) is 0 Å². The fourth-order valence-electron chi connectivity index (χ4n) is 2.28. The van der Waals surface area contributed by atoms with Crippen LogP contribution in [0.1, 0.15) is 11.1 Å². The van der Waals surface area contributed by atoms with Gasteiger partial charge in [0.15, 0.2) is 0 Å². The zero-order valence-electron chi connectivity index (χ0n) is 11.2. The summed E-state index contributed by atoms with van der Waals surface area (Å²) >= 11 is 0. The lowest BCUT2D eigenvalue weighted by molar-refractivity contribution is -0.115. The van der Waals surface area contributed by atoms with Crippen molar-refractivity contribution in [2.75, 3.05) is 32.0 Å². The van der Waals surface area contributed by atoms with E-state index in [1.807, 2.05) is 19.2 Å². The van der Waals surface area contributed by atoms with Gasteiger partial charge in [-0.05, 0) is 30.7 Å². The van der Waals surface area contributed by atoms with Crippen LogP contribution in [0.2, 0.25) is 0 Å². The fraction of sp³-hybridized carbons (Fsp3) is 0.500. The van der Waals surface area contributed by atoms with Crippen LogP contribution in [-0.2, 0) is 17.6 Å². The zero-order valence-corrected chi connectivity index (χ0v) is 11.2. The second-order valence-electron chi connectivity index (χ2n) is 5.12. The molecule has 1 aromatic rings. The third-order valence-electron chi connectivity index (χ3n) is 3.37. The predicted octanol–water partition coefficient (Wildman–Crippen LogP) is -0.0249. The second kappa shape index (κ2) is 6.14. The smallest absolute Gasteiger partial charge is 0.228 e. The second-order valence-corrected chi connectivity index (χ2v) is 5.12. The van der Waals surface area contributed by atoms with Crippen LogP contribution < -0.4 is 11.1 Å². The van der Waals surface area contributed by atoms with Crippen LogP contribution in [0.5, 0.6) is 0 Å². The molecule has 5 nitrogen and oxygen atoms in total. The number of hydrogen-bond donors (Lipinski definition) is 3. The van der Waals surface area contributed by atoms with Crippen molar-refractivity contribution >= 4 is 11.6 Å². The molecule has 0 aromatic heterocycles. The molecular weight excluding hydrogens is 242 g/mol. The molecule has 5 heteroatoms. The first-order valence-corrected chi connectivity index (χ1v) is 6.57. The molecule has 1 unspecified atom stereocenters. The number of aliphatic hydroxyl groups is 1. The first kappa shape index (κ1) is 14.0. The Bertz CT molecular complexity index is 462. The van der Waals surface area contributed by atoms with E-state index in [0.717, 1.165) is 24.2 Å². The zero-order chi connectivity index (χ0) is 13.8. The Balaban J connectivity index is 1.87. The highest BCUT2D eigenvalue weighted by Crippen LogP contribution is 2.23. The van der Waals surface area contributed by atoms with Gasteiger partial charge >= 0.3 is 0 Å². The van der Waals surface area contributed by atoms with Gasteiger partial charge < -0.3 is 21.1 Å². The maximum Gasteiger partial charge on any atom is 0.228 e. The van der Waals surface area contributed by atoms with Gasteiger partial charge in [0.2, 0.25) is 5.91 Å². The van der Waals surface area contributed by atoms with Crippen molar-refractivity contribution < 1.29 is 9.90 Å². The lowest BCUT2D eigenvalue weighted by atomic mass is 10.1. The molecule has 1 amide bonds. The van der Waals surface area contributed by atoms with Gasteiger partial charge in [-0.3, -0.25) is 4.79 Å². The van der Waals surface area contributed by atoms with E-state index in [9.17, 15) is 9.90 Å². The van der Waals surface area contributed by atoms with Gasteiger partial charge in [-0.25, -0.2) is 0 Å². The van der Waals surface area contributed by atoms with Gasteiger partial charge in [-0.1, -0.05) is 12.1 Å². The van der Waals surface area contributed by atoms with E-state index in [0.29, 0.717) is 13.0 Å². The Hall–Kier alpha value is -1.43. The van der Waals surface area contributed by atoms with Crippen molar-refractivity contribution in [2.45, 2.75) is 18.9 Å². The van der Waals surface area contributed by atoms with Gasteiger partial charge in [0.25, 0.3) is 0 Å². The molecule has 0 aliphatic carbocycles. The van der Waals surface area contributed by atoms with Crippen LogP contribution in [0.15, 0.2) is 18.2 Å². The van der Waals surface area contributed by atoms with Gasteiger partial charge in [0, 0.05) is 25.3 Å². The minimum Gasteiger partial charge on any atom is -0.390 e. The summed E-state index contributed by atoms with van der Waals surface area (Å²) in [5.74, 6) is 0.0651. The fourth-order valence-corrected chi connectivity index (χ4v) is 2.28. The van der Waals surface area contributed by atoms with E-state index < -0.39 is 6.10 Å². The number of likely N-dealkylation sites (N-methyl/N-ethyl adjacent to an activating group) is 1. The van der Waals surface area contributed by atoms with Crippen molar-refractivity contribution in [2.24, 2.45) is 5.73 Å². The summed E-state index contributed by atoms with van der Waals surface area (Å²) < 4.78 is 0. The summed E-state index contributed by atoms with van der Waals surface area (Å²) in [6.45, 7) is 1.73. The van der Waals surface area contributed by atoms with Crippen molar-refractivity contribution in [1.82, 2.24) is 4.90 Å². The Morgan fingerprint density at radius 3 is 3.05 bits per heavy atom. The quantitative estimate of drug-likeness (QED) is 0.674. The Labute approximate surface area is 113 Å². The minimum absolute atomic E-state index is 0.0651. The molecule has 0 bridgehead atoms. The summed E-state index contributed by atoms with van der Waals surface area (Å²) in [6, 6.07) is 6.09. The van der Waals surface area contributed by atoms with Crippen molar-refractivity contribution in [3.05, 3.63) is 29.3 Å². The monoisotopic (exact) mass is 263 g/mol. The van der Waals surface area contributed by atoms with Crippen LogP contribution in [0.25, 0.3) is 0 Å². The average Bonchev–Trinajstić information content (AvgIpc) is 2.75. The number of nitrogens with two attached hydrogens (primary N) is 1. The molecule has 104 valence electrons. The molecular formula is C14H21N3O2. The highest BCUT2D eigenvalue weighted by Gasteiger charge is 2.17. The van der Waals surface area contributed by atoms with Gasteiger partial charge in [0.1, 0.15) is 0 Å². The Morgan fingerprint density at radius 2 is 2.32 bits per heavy atom. The number of anilines is 1. The van der Waals surface area contributed by atoms with Gasteiger partial charge in [-0.15, -0.1) is 0 Å². The largest absolute Gasteiger partial charge is 0.390 e. The summed E-state index contributed by atoms with van der Waals surface area (Å²) in [7, 11) is 1.97. The minimum atomic E-state index is -0.466. The number of carbonyl (C=O) groups is 1. The Kier molecular flexibility index (Phi) is 4.52. The highest BCUT2D eigenvalue weighted by atomic mass is 16.3. The molecule has 1 heterocycles. The molecule has 0 radical (unpaired) electrons. The standard InChI is InChI=1S/C14H21N3O2/c1-17(9-12(18)8-15)5-4-10-2-3-13-11(6-10)7-14(19)16-13/h2-3,6,12,18H,4-5,7-9,15H2,1H3,(H,16,19). The summed E-state index contributed by atoms with van der Waals surface area (Å²) in [4.78, 5) is 13.3. The Morgan fingerprint density at radius 1 is 1.53 bits per heavy atom. The molecule has 0 saturated carbocycles.